The molecule has 1 heterocycles. The fraction of sp³-hybridized carbons (Fsp3) is 0.433. The predicted molar refractivity (Wildman–Crippen MR) is 155 cm³/mol. The largest absolute Gasteiger partial charge is 0.495 e. The maximum atomic E-state index is 14.9. The smallest absolute Gasteiger partial charge is 0.416 e. The van der Waals surface area contributed by atoms with Crippen LogP contribution in [-0.2, 0) is 24.1 Å². The van der Waals surface area contributed by atoms with Gasteiger partial charge in [-0.15, -0.1) is 0 Å². The highest BCUT2D eigenvalue weighted by Gasteiger charge is 2.35. The van der Waals surface area contributed by atoms with Crippen LogP contribution in [0, 0.1) is 18.7 Å². The molecule has 3 rings (SSSR count). The third kappa shape index (κ3) is 8.05. The Morgan fingerprint density at radius 3 is 2.40 bits per heavy atom. The van der Waals surface area contributed by atoms with E-state index in [0.717, 1.165) is 27.3 Å². The number of rotatable bonds is 13. The van der Waals surface area contributed by atoms with Gasteiger partial charge in [-0.05, 0) is 50.4 Å². The number of benzene rings is 2. The van der Waals surface area contributed by atoms with E-state index in [1.54, 1.807) is 12.1 Å². The lowest BCUT2D eigenvalue weighted by atomic mass is 10.0. The second-order valence-electron chi connectivity index (χ2n) is 10.6. The highest BCUT2D eigenvalue weighted by atomic mass is 35.5. The summed E-state index contributed by atoms with van der Waals surface area (Å²) in [5.74, 6) is -1.78. The van der Waals surface area contributed by atoms with E-state index in [4.69, 9.17) is 21.4 Å². The molecule has 0 aliphatic heterocycles. The normalized spacial score (nSPS) is 12.5. The third-order valence-corrected chi connectivity index (χ3v) is 7.43. The summed E-state index contributed by atoms with van der Waals surface area (Å²) < 4.78 is 63.6. The van der Waals surface area contributed by atoms with Crippen LogP contribution in [0.5, 0.6) is 5.75 Å². The molecule has 0 unspecified atom stereocenters. The lowest BCUT2D eigenvalue weighted by Crippen LogP contribution is -2.47. The molecule has 0 aliphatic rings. The first-order valence-corrected chi connectivity index (χ1v) is 14.0. The first-order valence-electron chi connectivity index (χ1n) is 13.6. The highest BCUT2D eigenvalue weighted by molar-refractivity contribution is 6.34. The monoisotopic (exact) mass is 627 g/mol. The minimum absolute atomic E-state index is 0.00684. The van der Waals surface area contributed by atoms with Crippen molar-refractivity contribution >= 4 is 17.6 Å². The van der Waals surface area contributed by atoms with Crippen molar-refractivity contribution in [2.45, 2.75) is 65.3 Å². The first kappa shape index (κ1) is 33.9. The molecule has 0 saturated heterocycles. The van der Waals surface area contributed by atoms with Crippen LogP contribution in [0.25, 0.3) is 11.1 Å². The lowest BCUT2D eigenvalue weighted by Gasteiger charge is -2.24. The summed E-state index contributed by atoms with van der Waals surface area (Å²) in [7, 11) is 1.38. The average molecular weight is 628 g/mol. The Bertz CT molecular complexity index is 1580. The number of aliphatic carboxylic acids is 1. The van der Waals surface area contributed by atoms with Crippen molar-refractivity contribution in [2.75, 3.05) is 13.7 Å². The molecule has 2 aromatic carbocycles. The molecule has 0 fully saturated rings. The van der Waals surface area contributed by atoms with Crippen LogP contribution in [0.15, 0.2) is 46.0 Å². The van der Waals surface area contributed by atoms with Crippen molar-refractivity contribution in [3.05, 3.63) is 84.9 Å². The Morgan fingerprint density at radius 1 is 1.12 bits per heavy atom. The molecular weight excluding hydrogens is 594 g/mol. The van der Waals surface area contributed by atoms with E-state index in [-0.39, 0.29) is 53.0 Å². The molecule has 0 amide bonds. The molecule has 43 heavy (non-hydrogen) atoms. The molecule has 0 spiro atoms. The van der Waals surface area contributed by atoms with E-state index in [9.17, 15) is 31.9 Å². The standard InChI is InChI=1S/C30H34ClF4N3O5/c1-17(2)14-19(36-13-7-12-25(39)40)15-38-28(41)26(20-8-5-11-24(43-4)27(20)31)18(3)37(29(38)42)16-21-22(30(33,34)35)9-6-10-23(21)32/h5-6,8-11,17,19,36H,7,12-16H2,1-4H3,(H,39,40)/t19-/m1/s1. The van der Waals surface area contributed by atoms with E-state index < -0.39 is 52.9 Å². The average Bonchev–Trinajstić information content (AvgIpc) is 2.92. The third-order valence-electron chi connectivity index (χ3n) is 7.04. The second kappa shape index (κ2) is 14.2. The van der Waals surface area contributed by atoms with Crippen LogP contribution in [0.3, 0.4) is 0 Å². The molecular formula is C30H34ClF4N3O5. The number of alkyl halides is 3. The minimum Gasteiger partial charge on any atom is -0.495 e. The number of carboxylic acids is 1. The van der Waals surface area contributed by atoms with Crippen molar-refractivity contribution in [3.8, 4) is 16.9 Å². The number of ether oxygens (including phenoxy) is 1. The molecule has 2 N–H and O–H groups in total. The SMILES string of the molecule is COc1cccc(-c2c(C)n(Cc3c(F)cccc3C(F)(F)F)c(=O)n(C[C@@H](CC(C)C)NCCCC(=O)O)c2=O)c1Cl. The molecule has 234 valence electrons. The number of halogens is 5. The fourth-order valence-corrected chi connectivity index (χ4v) is 5.32. The van der Waals surface area contributed by atoms with Gasteiger partial charge >= 0.3 is 17.8 Å². The van der Waals surface area contributed by atoms with Gasteiger partial charge in [0.05, 0.1) is 29.8 Å². The Labute approximate surface area is 250 Å². The van der Waals surface area contributed by atoms with Crippen molar-refractivity contribution in [3.63, 3.8) is 0 Å². The summed E-state index contributed by atoms with van der Waals surface area (Å²) in [6, 6.07) is 6.73. The zero-order chi connectivity index (χ0) is 32.1. The molecule has 0 radical (unpaired) electrons. The Morgan fingerprint density at radius 2 is 1.79 bits per heavy atom. The van der Waals surface area contributed by atoms with E-state index in [1.807, 2.05) is 13.8 Å². The van der Waals surface area contributed by atoms with Gasteiger partial charge in [0.15, 0.2) is 0 Å². The Balaban J connectivity index is 2.27. The van der Waals surface area contributed by atoms with Gasteiger partial charge in [-0.2, -0.15) is 13.2 Å². The van der Waals surface area contributed by atoms with E-state index in [0.29, 0.717) is 12.8 Å². The molecule has 0 aliphatic carbocycles. The zero-order valence-electron chi connectivity index (χ0n) is 24.2. The number of nitrogens with zero attached hydrogens (tertiary/aromatic N) is 2. The number of carboxylic acid groups (broad SMARTS) is 1. The molecule has 3 aromatic rings. The number of hydrogen-bond acceptors (Lipinski definition) is 5. The van der Waals surface area contributed by atoms with Crippen LogP contribution in [0.2, 0.25) is 5.02 Å². The van der Waals surface area contributed by atoms with E-state index in [1.165, 1.54) is 20.1 Å². The van der Waals surface area contributed by atoms with Crippen molar-refractivity contribution in [1.82, 2.24) is 14.5 Å². The van der Waals surface area contributed by atoms with Crippen molar-refractivity contribution in [1.29, 1.82) is 0 Å². The summed E-state index contributed by atoms with van der Waals surface area (Å²) in [5, 5.41) is 12.2. The quantitative estimate of drug-likeness (QED) is 0.186. The Hall–Kier alpha value is -3.64. The summed E-state index contributed by atoms with van der Waals surface area (Å²) in [6.07, 6.45) is -4.19. The van der Waals surface area contributed by atoms with Gasteiger partial charge in [0, 0.05) is 35.8 Å². The zero-order valence-corrected chi connectivity index (χ0v) is 25.0. The van der Waals surface area contributed by atoms with Crippen LogP contribution in [-0.4, -0.2) is 39.9 Å². The van der Waals surface area contributed by atoms with Gasteiger partial charge in [-0.3, -0.25) is 18.7 Å². The predicted octanol–water partition coefficient (Wildman–Crippen LogP) is 5.72. The first-order chi connectivity index (χ1) is 20.2. The Kier molecular flexibility index (Phi) is 11.2. The van der Waals surface area contributed by atoms with Crippen LogP contribution in [0.4, 0.5) is 17.6 Å². The summed E-state index contributed by atoms with van der Waals surface area (Å²) in [6.45, 7) is 4.56. The van der Waals surface area contributed by atoms with Gasteiger partial charge < -0.3 is 15.2 Å². The molecule has 13 heteroatoms. The maximum Gasteiger partial charge on any atom is 0.416 e. The summed E-state index contributed by atoms with van der Waals surface area (Å²) in [4.78, 5) is 38.8. The molecule has 0 bridgehead atoms. The number of aromatic nitrogens is 2. The molecule has 1 atom stereocenters. The number of methoxy groups -OCH3 is 1. The maximum absolute atomic E-state index is 14.9. The van der Waals surface area contributed by atoms with Gasteiger partial charge in [-0.1, -0.05) is 43.6 Å². The highest BCUT2D eigenvalue weighted by Crippen LogP contribution is 2.36. The summed E-state index contributed by atoms with van der Waals surface area (Å²) in [5.41, 5.74) is -3.53. The van der Waals surface area contributed by atoms with Gasteiger partial charge in [0.2, 0.25) is 0 Å². The topological polar surface area (TPSA) is 103 Å². The lowest BCUT2D eigenvalue weighted by molar-refractivity contribution is -0.138. The summed E-state index contributed by atoms with van der Waals surface area (Å²) >= 11 is 6.56. The minimum atomic E-state index is -4.90. The van der Waals surface area contributed by atoms with Gasteiger partial charge in [0.25, 0.3) is 5.56 Å². The molecule has 8 nitrogen and oxygen atoms in total. The van der Waals surface area contributed by atoms with Gasteiger partial charge in [-0.25, -0.2) is 9.18 Å². The van der Waals surface area contributed by atoms with E-state index in [2.05, 4.69) is 5.32 Å². The van der Waals surface area contributed by atoms with Crippen molar-refractivity contribution < 1.29 is 32.2 Å². The molecule has 0 saturated carbocycles. The number of nitrogens with one attached hydrogen (secondary N) is 1. The van der Waals surface area contributed by atoms with E-state index >= 15 is 0 Å². The van der Waals surface area contributed by atoms with Crippen LogP contribution in [0.1, 0.15) is 49.9 Å². The van der Waals surface area contributed by atoms with Crippen LogP contribution >= 0.6 is 11.6 Å². The van der Waals surface area contributed by atoms with Gasteiger partial charge in [0.1, 0.15) is 11.6 Å². The number of hydrogen-bond donors (Lipinski definition) is 2. The van der Waals surface area contributed by atoms with Crippen LogP contribution < -0.4 is 21.3 Å². The fourth-order valence-electron chi connectivity index (χ4n) is 5.02. The number of carbonyl (C=O) groups is 1. The second-order valence-corrected chi connectivity index (χ2v) is 11.0. The molecule has 1 aromatic heterocycles. The van der Waals surface area contributed by atoms with Crippen molar-refractivity contribution in [2.24, 2.45) is 5.92 Å².